The van der Waals surface area contributed by atoms with Crippen LogP contribution in [0.5, 0.6) is 0 Å². The summed E-state index contributed by atoms with van der Waals surface area (Å²) >= 11 is 0. The smallest absolute Gasteiger partial charge is 0.269 e. The molecule has 0 unspecified atom stereocenters. The van der Waals surface area contributed by atoms with E-state index in [1.165, 1.54) is 10.6 Å². The fourth-order valence-corrected chi connectivity index (χ4v) is 2.47. The average Bonchev–Trinajstić information content (AvgIpc) is 2.52. The molecule has 0 aliphatic rings. The van der Waals surface area contributed by atoms with Crippen LogP contribution in [-0.2, 0) is 11.3 Å². The summed E-state index contributed by atoms with van der Waals surface area (Å²) in [4.78, 5) is 26.5. The Morgan fingerprint density at radius 3 is 2.61 bits per heavy atom. The number of anilines is 1. The summed E-state index contributed by atoms with van der Waals surface area (Å²) in [5, 5.41) is 8.97. The Balaban J connectivity index is 2.35. The second kappa shape index (κ2) is 6.93. The number of aromatic nitrogens is 1. The van der Waals surface area contributed by atoms with E-state index in [1.54, 1.807) is 17.9 Å². The molecule has 0 bridgehead atoms. The molecule has 2 rings (SSSR count). The topological polar surface area (TPSA) is 66.1 Å². The number of carbonyl (C=O) groups is 1. The zero-order valence-corrected chi connectivity index (χ0v) is 13.5. The average molecular weight is 309 g/mol. The molecule has 0 spiro atoms. The highest BCUT2D eigenvalue weighted by Crippen LogP contribution is 2.16. The molecule has 0 atom stereocenters. The third-order valence-corrected chi connectivity index (χ3v) is 3.74. The third kappa shape index (κ3) is 3.49. The molecular weight excluding hydrogens is 290 g/mol. The van der Waals surface area contributed by atoms with E-state index in [1.807, 2.05) is 44.2 Å². The van der Waals surface area contributed by atoms with E-state index >= 15 is 0 Å². The van der Waals surface area contributed by atoms with Gasteiger partial charge in [0.1, 0.15) is 18.2 Å². The molecule has 2 aromatic rings. The number of rotatable bonds is 4. The fraction of sp³-hybridized carbons (Fsp3) is 0.278. The van der Waals surface area contributed by atoms with Crippen molar-refractivity contribution in [2.24, 2.45) is 0 Å². The molecule has 23 heavy (non-hydrogen) atoms. The zero-order valence-electron chi connectivity index (χ0n) is 13.5. The van der Waals surface area contributed by atoms with E-state index in [2.05, 4.69) is 0 Å². The van der Waals surface area contributed by atoms with E-state index < -0.39 is 5.56 Å². The van der Waals surface area contributed by atoms with Crippen molar-refractivity contribution in [2.75, 3.05) is 11.4 Å². The van der Waals surface area contributed by atoms with Gasteiger partial charge < -0.3 is 9.47 Å². The van der Waals surface area contributed by atoms with Gasteiger partial charge in [0.2, 0.25) is 5.91 Å². The highest BCUT2D eigenvalue weighted by Gasteiger charge is 2.17. The Kier molecular flexibility index (Phi) is 4.97. The number of benzene rings is 1. The largest absolute Gasteiger partial charge is 0.311 e. The van der Waals surface area contributed by atoms with Crippen molar-refractivity contribution in [1.29, 1.82) is 5.26 Å². The zero-order chi connectivity index (χ0) is 17.0. The van der Waals surface area contributed by atoms with Crippen LogP contribution in [0.2, 0.25) is 0 Å². The maximum Gasteiger partial charge on any atom is 0.269 e. The number of aryl methyl sites for hydroxylation is 2. The Morgan fingerprint density at radius 1 is 1.26 bits per heavy atom. The predicted molar refractivity (Wildman–Crippen MR) is 89.4 cm³/mol. The van der Waals surface area contributed by atoms with Gasteiger partial charge in [-0.05, 0) is 50.6 Å². The van der Waals surface area contributed by atoms with E-state index in [0.29, 0.717) is 12.2 Å². The quantitative estimate of drug-likeness (QED) is 0.871. The second-order valence-electron chi connectivity index (χ2n) is 5.37. The number of amides is 1. The molecule has 1 heterocycles. The van der Waals surface area contributed by atoms with Gasteiger partial charge in [-0.25, -0.2) is 0 Å². The Morgan fingerprint density at radius 2 is 2.00 bits per heavy atom. The number of nitrogens with zero attached hydrogens (tertiary/aromatic N) is 3. The first-order valence-corrected chi connectivity index (χ1v) is 7.45. The summed E-state index contributed by atoms with van der Waals surface area (Å²) in [6.45, 7) is 6.03. The minimum atomic E-state index is -0.429. The molecule has 5 nitrogen and oxygen atoms in total. The Bertz CT molecular complexity index is 831. The molecule has 0 aliphatic heterocycles. The molecule has 5 heteroatoms. The number of nitriles is 1. The Hall–Kier alpha value is -2.87. The second-order valence-corrected chi connectivity index (χ2v) is 5.37. The van der Waals surface area contributed by atoms with Gasteiger partial charge in [0.15, 0.2) is 0 Å². The van der Waals surface area contributed by atoms with Crippen molar-refractivity contribution in [1.82, 2.24) is 4.57 Å². The number of hydrogen-bond acceptors (Lipinski definition) is 3. The maximum atomic E-state index is 12.6. The van der Waals surface area contributed by atoms with Gasteiger partial charge in [-0.3, -0.25) is 9.59 Å². The maximum absolute atomic E-state index is 12.6. The van der Waals surface area contributed by atoms with Crippen LogP contribution in [0, 0.1) is 25.2 Å². The summed E-state index contributed by atoms with van der Waals surface area (Å²) in [6.07, 6.45) is 0. The minimum absolute atomic E-state index is 0.0435. The van der Waals surface area contributed by atoms with Crippen LogP contribution >= 0.6 is 0 Å². The van der Waals surface area contributed by atoms with Crippen LogP contribution in [0.4, 0.5) is 5.69 Å². The lowest BCUT2D eigenvalue weighted by Crippen LogP contribution is -2.37. The first-order valence-electron chi connectivity index (χ1n) is 7.45. The van der Waals surface area contributed by atoms with Crippen LogP contribution < -0.4 is 10.5 Å². The monoisotopic (exact) mass is 309 g/mol. The van der Waals surface area contributed by atoms with Crippen molar-refractivity contribution >= 4 is 11.6 Å². The number of hydrogen-bond donors (Lipinski definition) is 0. The molecule has 0 fully saturated rings. The molecule has 0 radical (unpaired) electrons. The highest BCUT2D eigenvalue weighted by atomic mass is 16.2. The first kappa shape index (κ1) is 16.5. The van der Waals surface area contributed by atoms with Gasteiger partial charge in [-0.2, -0.15) is 5.26 Å². The summed E-state index contributed by atoms with van der Waals surface area (Å²) in [5.74, 6) is -0.182. The molecule has 118 valence electrons. The summed E-state index contributed by atoms with van der Waals surface area (Å²) in [6, 6.07) is 12.7. The number of likely N-dealkylation sites (N-methyl/N-ethyl adjacent to an activating group) is 1. The van der Waals surface area contributed by atoms with Crippen molar-refractivity contribution in [2.45, 2.75) is 27.3 Å². The van der Waals surface area contributed by atoms with Gasteiger partial charge in [-0.15, -0.1) is 0 Å². The van der Waals surface area contributed by atoms with Crippen LogP contribution in [0.1, 0.15) is 23.7 Å². The van der Waals surface area contributed by atoms with Crippen molar-refractivity contribution in [3.63, 3.8) is 0 Å². The van der Waals surface area contributed by atoms with E-state index in [4.69, 9.17) is 5.26 Å². The molecule has 1 amide bonds. The van der Waals surface area contributed by atoms with Crippen molar-refractivity contribution in [3.8, 4) is 6.07 Å². The summed E-state index contributed by atoms with van der Waals surface area (Å²) in [5.41, 5.74) is 2.14. The summed E-state index contributed by atoms with van der Waals surface area (Å²) in [7, 11) is 0. The van der Waals surface area contributed by atoms with E-state index in [9.17, 15) is 9.59 Å². The lowest BCUT2D eigenvalue weighted by Gasteiger charge is -2.22. The summed E-state index contributed by atoms with van der Waals surface area (Å²) < 4.78 is 1.35. The van der Waals surface area contributed by atoms with Crippen molar-refractivity contribution < 1.29 is 4.79 Å². The van der Waals surface area contributed by atoms with E-state index in [-0.39, 0.29) is 18.0 Å². The first-order chi connectivity index (χ1) is 11.0. The lowest BCUT2D eigenvalue weighted by molar-refractivity contribution is -0.119. The predicted octanol–water partition coefficient (Wildman–Crippen LogP) is 2.39. The van der Waals surface area contributed by atoms with Crippen LogP contribution in [0.3, 0.4) is 0 Å². The molecule has 0 saturated carbocycles. The molecule has 0 N–H and O–H groups in total. The minimum Gasteiger partial charge on any atom is -0.311 e. The molecule has 0 aliphatic carbocycles. The number of carbonyl (C=O) groups excluding carboxylic acids is 1. The van der Waals surface area contributed by atoms with Crippen LogP contribution in [0.25, 0.3) is 0 Å². The van der Waals surface area contributed by atoms with Gasteiger partial charge in [0, 0.05) is 17.9 Å². The molecular formula is C18H19N3O2. The van der Waals surface area contributed by atoms with Gasteiger partial charge in [0.05, 0.1) is 0 Å². The van der Waals surface area contributed by atoms with E-state index in [0.717, 1.165) is 11.3 Å². The molecule has 1 aromatic carbocycles. The molecule has 0 saturated heterocycles. The van der Waals surface area contributed by atoms with Crippen molar-refractivity contribution in [3.05, 3.63) is 63.6 Å². The normalized spacial score (nSPS) is 10.2. The van der Waals surface area contributed by atoms with Gasteiger partial charge >= 0.3 is 0 Å². The Labute approximate surface area is 135 Å². The lowest BCUT2D eigenvalue weighted by atomic mass is 10.2. The number of pyridine rings is 1. The highest BCUT2D eigenvalue weighted by molar-refractivity contribution is 5.93. The van der Waals surface area contributed by atoms with Crippen LogP contribution in [0.15, 0.2) is 41.2 Å². The fourth-order valence-electron chi connectivity index (χ4n) is 2.47. The van der Waals surface area contributed by atoms with Gasteiger partial charge in [0.25, 0.3) is 5.56 Å². The molecule has 1 aromatic heterocycles. The SMILES string of the molecule is CCN(C(=O)Cn1c(C)ccc(C#N)c1=O)c1cccc(C)c1. The van der Waals surface area contributed by atoms with Crippen LogP contribution in [-0.4, -0.2) is 17.0 Å². The standard InChI is InChI=1S/C18H19N3O2/c1-4-20(16-7-5-6-13(2)10-16)17(22)12-21-14(3)8-9-15(11-19)18(21)23/h5-10H,4,12H2,1-3H3. The van der Waals surface area contributed by atoms with Gasteiger partial charge in [-0.1, -0.05) is 12.1 Å². The third-order valence-electron chi connectivity index (χ3n) is 3.74.